The van der Waals surface area contributed by atoms with Crippen molar-refractivity contribution >= 4 is 23.5 Å². The largest absolute Gasteiger partial charge is 0.463 e. The van der Waals surface area contributed by atoms with E-state index in [0.717, 1.165) is 26.0 Å². The van der Waals surface area contributed by atoms with Crippen LogP contribution in [0.4, 0.5) is 0 Å². The Balaban J connectivity index is 1.63. The Labute approximate surface area is 105 Å². The summed E-state index contributed by atoms with van der Waals surface area (Å²) < 4.78 is 10.5. The van der Waals surface area contributed by atoms with Crippen molar-refractivity contribution in [3.63, 3.8) is 0 Å². The maximum absolute atomic E-state index is 5.46. The molecule has 17 heavy (non-hydrogen) atoms. The summed E-state index contributed by atoms with van der Waals surface area (Å²) in [4.78, 5) is 0. The van der Waals surface area contributed by atoms with Gasteiger partial charge in [-0.3, -0.25) is 5.43 Å². The maximum atomic E-state index is 5.46. The molecule has 0 spiro atoms. The van der Waals surface area contributed by atoms with Gasteiger partial charge in [-0.1, -0.05) is 0 Å². The van der Waals surface area contributed by atoms with E-state index in [0.29, 0.717) is 10.9 Å². The van der Waals surface area contributed by atoms with Gasteiger partial charge in [0.05, 0.1) is 18.6 Å². The van der Waals surface area contributed by atoms with Crippen LogP contribution >= 0.6 is 12.2 Å². The van der Waals surface area contributed by atoms with Gasteiger partial charge in [-0.25, -0.2) is 0 Å². The molecule has 0 saturated carbocycles. The van der Waals surface area contributed by atoms with Crippen molar-refractivity contribution in [3.8, 4) is 0 Å². The summed E-state index contributed by atoms with van der Waals surface area (Å²) in [6.07, 6.45) is 5.65. The standard InChI is InChI=1S/C11H15N3O2S/c17-11(12-7-9-3-1-5-15-9)14-13-8-10-4-2-6-16-10/h2,4,6,8-9H,1,3,5,7H2,(H2,12,14,17)/b13-8+. The lowest BCUT2D eigenvalue weighted by Crippen LogP contribution is -2.37. The average Bonchev–Trinajstić information content (AvgIpc) is 2.99. The van der Waals surface area contributed by atoms with E-state index in [9.17, 15) is 0 Å². The maximum Gasteiger partial charge on any atom is 0.187 e. The molecule has 5 nitrogen and oxygen atoms in total. The molecule has 2 rings (SSSR count). The highest BCUT2D eigenvalue weighted by molar-refractivity contribution is 7.80. The Hall–Kier alpha value is -1.40. The van der Waals surface area contributed by atoms with E-state index in [-0.39, 0.29) is 6.10 Å². The van der Waals surface area contributed by atoms with Gasteiger partial charge in [0.1, 0.15) is 5.76 Å². The van der Waals surface area contributed by atoms with Crippen LogP contribution < -0.4 is 10.7 Å². The molecule has 1 aliphatic heterocycles. The lowest BCUT2D eigenvalue weighted by molar-refractivity contribution is 0.114. The van der Waals surface area contributed by atoms with E-state index in [2.05, 4.69) is 15.8 Å². The van der Waals surface area contributed by atoms with E-state index in [1.807, 2.05) is 6.07 Å². The molecular weight excluding hydrogens is 238 g/mol. The number of hydrogen-bond donors (Lipinski definition) is 2. The van der Waals surface area contributed by atoms with Crippen LogP contribution in [0.2, 0.25) is 0 Å². The quantitative estimate of drug-likeness (QED) is 0.480. The van der Waals surface area contributed by atoms with Gasteiger partial charge in [0.2, 0.25) is 0 Å². The number of thiocarbonyl (C=S) groups is 1. The Morgan fingerprint density at radius 3 is 3.29 bits per heavy atom. The Morgan fingerprint density at radius 1 is 1.65 bits per heavy atom. The molecule has 1 aliphatic rings. The highest BCUT2D eigenvalue weighted by Crippen LogP contribution is 2.10. The molecule has 1 saturated heterocycles. The molecule has 0 bridgehead atoms. The second kappa shape index (κ2) is 6.36. The molecular formula is C11H15N3O2S. The molecule has 6 heteroatoms. The van der Waals surface area contributed by atoms with Crippen molar-refractivity contribution in [2.24, 2.45) is 5.10 Å². The molecule has 2 heterocycles. The average molecular weight is 253 g/mol. The minimum atomic E-state index is 0.267. The Bertz CT molecular complexity index is 372. The van der Waals surface area contributed by atoms with Gasteiger partial charge in [-0.2, -0.15) is 5.10 Å². The van der Waals surface area contributed by atoms with Crippen LogP contribution in [0.25, 0.3) is 0 Å². The number of furan rings is 1. The van der Waals surface area contributed by atoms with Crippen LogP contribution in [0.3, 0.4) is 0 Å². The fourth-order valence-electron chi connectivity index (χ4n) is 1.57. The fourth-order valence-corrected chi connectivity index (χ4v) is 1.71. The molecule has 0 aromatic carbocycles. The first kappa shape index (κ1) is 12.1. The molecule has 2 N–H and O–H groups in total. The van der Waals surface area contributed by atoms with Crippen molar-refractivity contribution in [3.05, 3.63) is 24.2 Å². The van der Waals surface area contributed by atoms with E-state index in [1.54, 1.807) is 18.5 Å². The summed E-state index contributed by atoms with van der Waals surface area (Å²) in [5, 5.41) is 7.49. The molecule has 1 atom stereocenters. The van der Waals surface area contributed by atoms with E-state index in [4.69, 9.17) is 21.4 Å². The smallest absolute Gasteiger partial charge is 0.187 e. The van der Waals surface area contributed by atoms with Gasteiger partial charge in [0, 0.05) is 13.2 Å². The Kier molecular flexibility index (Phi) is 4.52. The normalized spacial score (nSPS) is 19.6. The van der Waals surface area contributed by atoms with Gasteiger partial charge >= 0.3 is 0 Å². The van der Waals surface area contributed by atoms with Gasteiger partial charge in [0.15, 0.2) is 5.11 Å². The predicted molar refractivity (Wildman–Crippen MR) is 69.0 cm³/mol. The highest BCUT2D eigenvalue weighted by Gasteiger charge is 2.14. The second-order valence-corrected chi connectivity index (χ2v) is 4.14. The van der Waals surface area contributed by atoms with Gasteiger partial charge in [0.25, 0.3) is 0 Å². The molecule has 1 fully saturated rings. The Morgan fingerprint density at radius 2 is 2.59 bits per heavy atom. The third-order valence-corrected chi connectivity index (χ3v) is 2.65. The van der Waals surface area contributed by atoms with E-state index < -0.39 is 0 Å². The van der Waals surface area contributed by atoms with Crippen molar-refractivity contribution in [2.45, 2.75) is 18.9 Å². The summed E-state index contributed by atoms with van der Waals surface area (Å²) in [6.45, 7) is 1.57. The molecule has 0 aliphatic carbocycles. The van der Waals surface area contributed by atoms with Gasteiger partial charge in [-0.15, -0.1) is 0 Å². The zero-order valence-corrected chi connectivity index (χ0v) is 10.2. The third kappa shape index (κ3) is 4.16. The molecule has 1 aromatic rings. The summed E-state index contributed by atoms with van der Waals surface area (Å²) in [5.41, 5.74) is 2.72. The van der Waals surface area contributed by atoms with Crippen molar-refractivity contribution in [1.29, 1.82) is 0 Å². The SMILES string of the molecule is S=C(NCC1CCCO1)N/N=C/c1ccco1. The zero-order chi connectivity index (χ0) is 11.9. The highest BCUT2D eigenvalue weighted by atomic mass is 32.1. The van der Waals surface area contributed by atoms with Crippen LogP contribution in [0.5, 0.6) is 0 Å². The van der Waals surface area contributed by atoms with E-state index in [1.165, 1.54) is 0 Å². The number of nitrogens with zero attached hydrogens (tertiary/aromatic N) is 1. The number of rotatable bonds is 4. The van der Waals surface area contributed by atoms with Crippen molar-refractivity contribution in [2.75, 3.05) is 13.2 Å². The summed E-state index contributed by atoms with van der Waals surface area (Å²) in [5.74, 6) is 0.680. The molecule has 0 amide bonds. The zero-order valence-electron chi connectivity index (χ0n) is 9.39. The molecule has 1 unspecified atom stereocenters. The van der Waals surface area contributed by atoms with Crippen LogP contribution in [-0.2, 0) is 4.74 Å². The van der Waals surface area contributed by atoms with Crippen LogP contribution in [0.15, 0.2) is 27.9 Å². The number of nitrogens with one attached hydrogen (secondary N) is 2. The summed E-state index contributed by atoms with van der Waals surface area (Å²) in [6, 6.07) is 3.61. The lowest BCUT2D eigenvalue weighted by Gasteiger charge is -2.11. The summed E-state index contributed by atoms with van der Waals surface area (Å²) in [7, 11) is 0. The predicted octanol–water partition coefficient (Wildman–Crippen LogP) is 1.26. The second-order valence-electron chi connectivity index (χ2n) is 3.73. The molecule has 92 valence electrons. The van der Waals surface area contributed by atoms with Gasteiger partial charge in [-0.05, 0) is 37.2 Å². The lowest BCUT2D eigenvalue weighted by atomic mass is 10.2. The number of ether oxygens (including phenoxy) is 1. The monoisotopic (exact) mass is 253 g/mol. The minimum Gasteiger partial charge on any atom is -0.463 e. The first-order valence-corrected chi connectivity index (χ1v) is 5.97. The fraction of sp³-hybridized carbons (Fsp3) is 0.455. The van der Waals surface area contributed by atoms with Crippen LogP contribution in [-0.4, -0.2) is 30.6 Å². The molecule has 1 aromatic heterocycles. The first-order chi connectivity index (χ1) is 8.34. The van der Waals surface area contributed by atoms with Crippen molar-refractivity contribution in [1.82, 2.24) is 10.7 Å². The van der Waals surface area contributed by atoms with E-state index >= 15 is 0 Å². The van der Waals surface area contributed by atoms with Crippen LogP contribution in [0.1, 0.15) is 18.6 Å². The van der Waals surface area contributed by atoms with Crippen molar-refractivity contribution < 1.29 is 9.15 Å². The minimum absolute atomic E-state index is 0.267. The molecule has 0 radical (unpaired) electrons. The number of hydrogen-bond acceptors (Lipinski definition) is 4. The van der Waals surface area contributed by atoms with Crippen LogP contribution in [0, 0.1) is 0 Å². The summed E-state index contributed by atoms with van der Waals surface area (Å²) >= 11 is 5.06. The van der Waals surface area contributed by atoms with Gasteiger partial charge < -0.3 is 14.5 Å². The first-order valence-electron chi connectivity index (χ1n) is 5.56. The number of hydrazone groups is 1. The third-order valence-electron chi connectivity index (χ3n) is 2.42. The topological polar surface area (TPSA) is 58.8 Å².